The topological polar surface area (TPSA) is 31.9 Å². The molecule has 0 bridgehead atoms. The molecule has 2 aromatic rings. The molecule has 1 aliphatic heterocycles. The van der Waals surface area contributed by atoms with E-state index >= 15 is 0 Å². The molecule has 0 saturated carbocycles. The van der Waals surface area contributed by atoms with Crippen LogP contribution in [-0.4, -0.2) is 28.0 Å². The average molecular weight is 259 g/mol. The van der Waals surface area contributed by atoms with E-state index in [1.165, 1.54) is 5.56 Å². The third-order valence-electron chi connectivity index (χ3n) is 3.92. The Morgan fingerprint density at radius 1 is 1.37 bits per heavy atom. The second-order valence-electron chi connectivity index (χ2n) is 5.25. The minimum Gasteiger partial charge on any atom is -0.348 e. The van der Waals surface area contributed by atoms with Crippen LogP contribution in [0.2, 0.25) is 0 Å². The number of imidazole rings is 1. The second-order valence-corrected chi connectivity index (χ2v) is 5.25. The Morgan fingerprint density at radius 2 is 2.16 bits per heavy atom. The maximum atomic E-state index is 12.9. The predicted octanol–water partition coefficient (Wildman–Crippen LogP) is 2.85. The molecule has 0 spiro atoms. The first-order valence-corrected chi connectivity index (χ1v) is 6.69. The number of aromatic amines is 1. The number of hydrogen-bond acceptors (Lipinski definition) is 2. The third-order valence-corrected chi connectivity index (χ3v) is 3.92. The molecule has 1 saturated heterocycles. The van der Waals surface area contributed by atoms with Crippen LogP contribution in [0.4, 0.5) is 4.39 Å². The summed E-state index contributed by atoms with van der Waals surface area (Å²) in [5, 5.41) is 0. The van der Waals surface area contributed by atoms with Crippen LogP contribution in [0.1, 0.15) is 29.3 Å². The number of rotatable bonds is 3. The molecule has 1 aromatic carbocycles. The van der Waals surface area contributed by atoms with Gasteiger partial charge in [0.15, 0.2) is 0 Å². The summed E-state index contributed by atoms with van der Waals surface area (Å²) in [5.74, 6) is 0.352. The summed E-state index contributed by atoms with van der Waals surface area (Å²) in [4.78, 5) is 9.87. The van der Waals surface area contributed by atoms with E-state index in [1.54, 1.807) is 18.5 Å². The van der Waals surface area contributed by atoms with Crippen molar-refractivity contribution in [1.82, 2.24) is 14.9 Å². The van der Waals surface area contributed by atoms with Crippen molar-refractivity contribution >= 4 is 0 Å². The van der Waals surface area contributed by atoms with Crippen molar-refractivity contribution in [2.45, 2.75) is 25.8 Å². The highest BCUT2D eigenvalue weighted by atomic mass is 19.1. The number of H-pyrrole nitrogens is 1. The summed E-state index contributed by atoms with van der Waals surface area (Å²) in [6.07, 6.45) is 2.88. The van der Waals surface area contributed by atoms with Crippen molar-refractivity contribution in [3.8, 4) is 0 Å². The Bertz CT molecular complexity index is 547. The molecule has 19 heavy (non-hydrogen) atoms. The van der Waals surface area contributed by atoms with Gasteiger partial charge < -0.3 is 4.98 Å². The van der Waals surface area contributed by atoms with E-state index in [-0.39, 0.29) is 5.82 Å². The molecule has 0 radical (unpaired) electrons. The van der Waals surface area contributed by atoms with Crippen LogP contribution < -0.4 is 0 Å². The highest BCUT2D eigenvalue weighted by Crippen LogP contribution is 2.28. The highest BCUT2D eigenvalue weighted by Gasteiger charge is 2.24. The Kier molecular flexibility index (Phi) is 3.34. The molecule has 3 rings (SSSR count). The van der Waals surface area contributed by atoms with Crippen molar-refractivity contribution in [2.24, 2.45) is 0 Å². The van der Waals surface area contributed by atoms with E-state index in [1.807, 2.05) is 12.1 Å². The van der Waals surface area contributed by atoms with Gasteiger partial charge in [0.25, 0.3) is 0 Å². The molecule has 1 atom stereocenters. The molecule has 100 valence electrons. The van der Waals surface area contributed by atoms with Crippen molar-refractivity contribution in [3.05, 3.63) is 53.4 Å². The van der Waals surface area contributed by atoms with Crippen molar-refractivity contribution < 1.29 is 4.39 Å². The summed E-state index contributed by atoms with van der Waals surface area (Å²) < 4.78 is 12.9. The highest BCUT2D eigenvalue weighted by molar-refractivity contribution is 5.22. The number of hydrogen-bond donors (Lipinski definition) is 1. The lowest BCUT2D eigenvalue weighted by molar-refractivity contribution is 0.322. The van der Waals surface area contributed by atoms with Gasteiger partial charge in [-0.1, -0.05) is 12.1 Å². The molecule has 3 nitrogen and oxygen atoms in total. The monoisotopic (exact) mass is 259 g/mol. The summed E-state index contributed by atoms with van der Waals surface area (Å²) in [7, 11) is 0. The zero-order valence-electron chi connectivity index (χ0n) is 11.1. The molecular weight excluding hydrogens is 241 g/mol. The largest absolute Gasteiger partial charge is 0.348 e. The zero-order valence-corrected chi connectivity index (χ0v) is 11.1. The maximum Gasteiger partial charge on any atom is 0.123 e. The number of aryl methyl sites for hydroxylation is 1. The van der Waals surface area contributed by atoms with Crippen LogP contribution >= 0.6 is 0 Å². The molecule has 0 amide bonds. The fourth-order valence-corrected chi connectivity index (χ4v) is 2.74. The van der Waals surface area contributed by atoms with Gasteiger partial charge in [0.05, 0.1) is 12.0 Å². The minimum atomic E-state index is -0.161. The number of aromatic nitrogens is 2. The Balaban J connectivity index is 1.64. The fraction of sp³-hybridized carbons (Fsp3) is 0.400. The van der Waals surface area contributed by atoms with Gasteiger partial charge in [-0.2, -0.15) is 0 Å². The molecule has 1 aromatic heterocycles. The SMILES string of the molecule is Cc1[nH]cnc1CN1CCC(c2ccc(F)cc2)C1. The van der Waals surface area contributed by atoms with Gasteiger partial charge in [-0.05, 0) is 43.5 Å². The fourth-order valence-electron chi connectivity index (χ4n) is 2.74. The van der Waals surface area contributed by atoms with Crippen LogP contribution in [-0.2, 0) is 6.54 Å². The molecule has 2 heterocycles. The second kappa shape index (κ2) is 5.13. The van der Waals surface area contributed by atoms with E-state index in [0.717, 1.165) is 37.4 Å². The Labute approximate surface area is 112 Å². The minimum absolute atomic E-state index is 0.161. The van der Waals surface area contributed by atoms with Crippen molar-refractivity contribution in [1.29, 1.82) is 0 Å². The number of benzene rings is 1. The molecule has 1 aliphatic rings. The number of likely N-dealkylation sites (tertiary alicyclic amines) is 1. The Morgan fingerprint density at radius 3 is 2.84 bits per heavy atom. The van der Waals surface area contributed by atoms with Crippen LogP contribution in [0.5, 0.6) is 0 Å². The standard InChI is InChI=1S/C15H18FN3/c1-11-15(18-10-17-11)9-19-7-6-13(8-19)12-2-4-14(16)5-3-12/h2-5,10,13H,6-9H2,1H3,(H,17,18). The molecule has 1 unspecified atom stereocenters. The Hall–Kier alpha value is -1.68. The first-order valence-electron chi connectivity index (χ1n) is 6.69. The molecule has 1 fully saturated rings. The van der Waals surface area contributed by atoms with Gasteiger partial charge >= 0.3 is 0 Å². The van der Waals surface area contributed by atoms with Gasteiger partial charge in [0, 0.05) is 18.8 Å². The summed E-state index contributed by atoms with van der Waals surface area (Å²) in [6.45, 7) is 5.05. The van der Waals surface area contributed by atoms with E-state index in [9.17, 15) is 4.39 Å². The average Bonchev–Trinajstić information content (AvgIpc) is 3.01. The molecule has 1 N–H and O–H groups in total. The zero-order chi connectivity index (χ0) is 13.2. The predicted molar refractivity (Wildman–Crippen MR) is 72.4 cm³/mol. The molecule has 4 heteroatoms. The number of halogens is 1. The lowest BCUT2D eigenvalue weighted by Crippen LogP contribution is -2.20. The van der Waals surface area contributed by atoms with Gasteiger partial charge in [-0.25, -0.2) is 9.37 Å². The first kappa shape index (κ1) is 12.4. The van der Waals surface area contributed by atoms with E-state index in [0.29, 0.717) is 5.92 Å². The smallest absolute Gasteiger partial charge is 0.123 e. The summed E-state index contributed by atoms with van der Waals surface area (Å²) in [5.41, 5.74) is 3.51. The van der Waals surface area contributed by atoms with Crippen LogP contribution in [0.15, 0.2) is 30.6 Å². The summed E-state index contributed by atoms with van der Waals surface area (Å²) in [6, 6.07) is 6.91. The van der Waals surface area contributed by atoms with E-state index in [2.05, 4.69) is 21.8 Å². The van der Waals surface area contributed by atoms with Crippen LogP contribution in [0, 0.1) is 12.7 Å². The van der Waals surface area contributed by atoms with E-state index in [4.69, 9.17) is 0 Å². The van der Waals surface area contributed by atoms with Gasteiger partial charge in [0.1, 0.15) is 5.82 Å². The van der Waals surface area contributed by atoms with Crippen molar-refractivity contribution in [2.75, 3.05) is 13.1 Å². The third kappa shape index (κ3) is 2.68. The van der Waals surface area contributed by atoms with E-state index < -0.39 is 0 Å². The van der Waals surface area contributed by atoms with Gasteiger partial charge in [-0.15, -0.1) is 0 Å². The van der Waals surface area contributed by atoms with Crippen LogP contribution in [0.25, 0.3) is 0 Å². The summed E-state index contributed by atoms with van der Waals surface area (Å²) >= 11 is 0. The van der Waals surface area contributed by atoms with Gasteiger partial charge in [0.2, 0.25) is 0 Å². The lowest BCUT2D eigenvalue weighted by Gasteiger charge is -2.15. The molecular formula is C15H18FN3. The van der Waals surface area contributed by atoms with Gasteiger partial charge in [-0.3, -0.25) is 4.90 Å². The lowest BCUT2D eigenvalue weighted by atomic mass is 9.99. The number of nitrogens with zero attached hydrogens (tertiary/aromatic N) is 2. The number of nitrogens with one attached hydrogen (secondary N) is 1. The first-order chi connectivity index (χ1) is 9.22. The quantitative estimate of drug-likeness (QED) is 0.919. The molecule has 0 aliphatic carbocycles. The van der Waals surface area contributed by atoms with Crippen LogP contribution in [0.3, 0.4) is 0 Å². The maximum absolute atomic E-state index is 12.9. The van der Waals surface area contributed by atoms with Crippen molar-refractivity contribution in [3.63, 3.8) is 0 Å². The normalized spacial score (nSPS) is 20.0.